The summed E-state index contributed by atoms with van der Waals surface area (Å²) in [7, 11) is 0. The van der Waals surface area contributed by atoms with E-state index in [4.69, 9.17) is 0 Å². The van der Waals surface area contributed by atoms with Gasteiger partial charge in [-0.3, -0.25) is 4.79 Å². The number of unbranched alkanes of at least 4 members (excludes halogenated alkanes) is 8. The fourth-order valence-corrected chi connectivity index (χ4v) is 2.72. The lowest BCUT2D eigenvalue weighted by atomic mass is 10.1. The van der Waals surface area contributed by atoms with Crippen molar-refractivity contribution in [3.05, 3.63) is 35.4 Å². The molecule has 26 heavy (non-hydrogen) atoms. The van der Waals surface area contributed by atoms with E-state index in [1.807, 2.05) is 0 Å². The molecule has 0 fully saturated rings. The highest BCUT2D eigenvalue weighted by molar-refractivity contribution is 6.05. The van der Waals surface area contributed by atoms with Crippen LogP contribution >= 0.6 is 0 Å². The minimum Gasteiger partial charge on any atom is -0.294 e. The molecular weight excluding hydrogens is 332 g/mol. The van der Waals surface area contributed by atoms with Crippen LogP contribution in [0.3, 0.4) is 0 Å². The van der Waals surface area contributed by atoms with Gasteiger partial charge >= 0.3 is 11.9 Å². The van der Waals surface area contributed by atoms with Crippen LogP contribution in [-0.4, -0.2) is 17.7 Å². The van der Waals surface area contributed by atoms with Crippen molar-refractivity contribution in [1.82, 2.24) is 0 Å². The topological polar surface area (TPSA) is 69.7 Å². The van der Waals surface area contributed by atoms with Crippen LogP contribution in [0.25, 0.3) is 0 Å². The Balaban J connectivity index is 2.17. The van der Waals surface area contributed by atoms with Crippen LogP contribution in [0.15, 0.2) is 24.3 Å². The summed E-state index contributed by atoms with van der Waals surface area (Å²) in [5.74, 6) is -1.66. The van der Waals surface area contributed by atoms with Gasteiger partial charge < -0.3 is 0 Å². The van der Waals surface area contributed by atoms with E-state index in [2.05, 4.69) is 16.7 Å². The van der Waals surface area contributed by atoms with Gasteiger partial charge in [0.15, 0.2) is 5.78 Å². The predicted molar refractivity (Wildman–Crippen MR) is 99.8 cm³/mol. The van der Waals surface area contributed by atoms with Crippen LogP contribution < -0.4 is 0 Å². The van der Waals surface area contributed by atoms with E-state index < -0.39 is 11.9 Å². The van der Waals surface area contributed by atoms with Crippen LogP contribution in [0.5, 0.6) is 0 Å². The predicted octanol–water partition coefficient (Wildman–Crippen LogP) is 5.43. The Morgan fingerprint density at radius 2 is 1.31 bits per heavy atom. The standard InChI is InChI=1S/C21H30O5/c1-3-4-5-6-7-8-9-10-11-16-20(23)25-26-21(24)19-15-13-12-14-18(19)17(2)22/h12-15H,3-11,16H2,1-2H3. The SMILES string of the molecule is CCCCCCCCCCCC(=O)OOC(=O)c1ccccc1C(C)=O. The molecule has 0 aromatic heterocycles. The summed E-state index contributed by atoms with van der Waals surface area (Å²) in [6, 6.07) is 6.27. The van der Waals surface area contributed by atoms with Gasteiger partial charge in [-0.15, -0.1) is 0 Å². The molecule has 0 N–H and O–H groups in total. The Morgan fingerprint density at radius 3 is 1.88 bits per heavy atom. The summed E-state index contributed by atoms with van der Waals surface area (Å²) < 4.78 is 0. The molecule has 0 bridgehead atoms. The van der Waals surface area contributed by atoms with Crippen molar-refractivity contribution < 1.29 is 24.2 Å². The second-order valence-corrected chi connectivity index (χ2v) is 6.51. The van der Waals surface area contributed by atoms with Crippen LogP contribution in [0.2, 0.25) is 0 Å². The van der Waals surface area contributed by atoms with Crippen molar-refractivity contribution >= 4 is 17.7 Å². The third kappa shape index (κ3) is 8.79. The molecule has 0 saturated heterocycles. The van der Waals surface area contributed by atoms with Crippen molar-refractivity contribution in [2.75, 3.05) is 0 Å². The molecular formula is C21H30O5. The summed E-state index contributed by atoms with van der Waals surface area (Å²) in [5.41, 5.74) is 0.336. The molecule has 0 amide bonds. The van der Waals surface area contributed by atoms with E-state index in [-0.39, 0.29) is 23.3 Å². The van der Waals surface area contributed by atoms with Gasteiger partial charge in [-0.1, -0.05) is 76.5 Å². The van der Waals surface area contributed by atoms with Crippen molar-refractivity contribution in [1.29, 1.82) is 0 Å². The molecule has 0 saturated carbocycles. The van der Waals surface area contributed by atoms with Gasteiger partial charge in [0, 0.05) is 5.56 Å². The molecule has 0 radical (unpaired) electrons. The van der Waals surface area contributed by atoms with E-state index in [1.54, 1.807) is 12.1 Å². The lowest BCUT2D eigenvalue weighted by molar-refractivity contribution is -0.234. The molecule has 1 aromatic carbocycles. The number of hydrogen-bond donors (Lipinski definition) is 0. The van der Waals surface area contributed by atoms with Crippen LogP contribution in [0, 0.1) is 0 Å². The van der Waals surface area contributed by atoms with E-state index in [0.29, 0.717) is 0 Å². The zero-order chi connectivity index (χ0) is 19.2. The first-order valence-electron chi connectivity index (χ1n) is 9.58. The molecule has 144 valence electrons. The highest BCUT2D eigenvalue weighted by Gasteiger charge is 2.17. The first kappa shape index (κ1) is 21.9. The Labute approximate surface area is 156 Å². The Bertz CT molecular complexity index is 580. The molecule has 0 atom stereocenters. The Kier molecular flexibility index (Phi) is 11.0. The van der Waals surface area contributed by atoms with Crippen molar-refractivity contribution in [2.24, 2.45) is 0 Å². The summed E-state index contributed by atoms with van der Waals surface area (Å²) >= 11 is 0. The quantitative estimate of drug-likeness (QED) is 0.215. The van der Waals surface area contributed by atoms with E-state index in [1.165, 1.54) is 57.6 Å². The minimum absolute atomic E-state index is 0.0934. The van der Waals surface area contributed by atoms with Gasteiger partial charge in [0.2, 0.25) is 0 Å². The molecule has 0 aliphatic carbocycles. The lowest BCUT2D eigenvalue weighted by Gasteiger charge is -2.06. The highest BCUT2D eigenvalue weighted by Crippen LogP contribution is 2.13. The summed E-state index contributed by atoms with van der Waals surface area (Å²) in [4.78, 5) is 44.2. The third-order valence-electron chi connectivity index (χ3n) is 4.22. The van der Waals surface area contributed by atoms with Crippen LogP contribution in [0.4, 0.5) is 0 Å². The lowest BCUT2D eigenvalue weighted by Crippen LogP contribution is -2.14. The number of carbonyl (C=O) groups excluding carboxylic acids is 3. The van der Waals surface area contributed by atoms with E-state index >= 15 is 0 Å². The monoisotopic (exact) mass is 362 g/mol. The molecule has 0 spiro atoms. The van der Waals surface area contributed by atoms with Crippen LogP contribution in [-0.2, 0) is 14.6 Å². The second-order valence-electron chi connectivity index (χ2n) is 6.51. The number of rotatable bonds is 12. The average molecular weight is 362 g/mol. The maximum Gasteiger partial charge on any atom is 0.387 e. The van der Waals surface area contributed by atoms with Gasteiger partial charge in [-0.05, 0) is 19.4 Å². The van der Waals surface area contributed by atoms with Gasteiger partial charge in [-0.25, -0.2) is 19.4 Å². The largest absolute Gasteiger partial charge is 0.387 e. The van der Waals surface area contributed by atoms with E-state index in [9.17, 15) is 14.4 Å². The first-order chi connectivity index (χ1) is 12.6. The van der Waals surface area contributed by atoms with Crippen molar-refractivity contribution in [2.45, 2.75) is 78.1 Å². The number of benzene rings is 1. The van der Waals surface area contributed by atoms with Gasteiger partial charge in [0.1, 0.15) is 0 Å². The highest BCUT2D eigenvalue weighted by atomic mass is 17.2. The number of Topliss-reactive ketones (excluding diaryl/α,β-unsaturated/α-hetero) is 1. The Morgan fingerprint density at radius 1 is 0.769 bits per heavy atom. The summed E-state index contributed by atoms with van der Waals surface area (Å²) in [5, 5.41) is 0. The summed E-state index contributed by atoms with van der Waals surface area (Å²) in [6.07, 6.45) is 10.6. The molecule has 0 heterocycles. The molecule has 1 rings (SSSR count). The fraction of sp³-hybridized carbons (Fsp3) is 0.571. The first-order valence-corrected chi connectivity index (χ1v) is 9.58. The minimum atomic E-state index is -0.837. The molecule has 0 aliphatic heterocycles. The maximum atomic E-state index is 11.9. The smallest absolute Gasteiger partial charge is 0.294 e. The molecule has 5 heteroatoms. The van der Waals surface area contributed by atoms with Crippen molar-refractivity contribution in [3.8, 4) is 0 Å². The number of hydrogen-bond acceptors (Lipinski definition) is 5. The zero-order valence-electron chi connectivity index (χ0n) is 15.9. The van der Waals surface area contributed by atoms with Gasteiger partial charge in [0.25, 0.3) is 0 Å². The maximum absolute atomic E-state index is 11.9. The van der Waals surface area contributed by atoms with Crippen molar-refractivity contribution in [3.63, 3.8) is 0 Å². The van der Waals surface area contributed by atoms with Gasteiger partial charge in [0.05, 0.1) is 12.0 Å². The fourth-order valence-electron chi connectivity index (χ4n) is 2.72. The molecule has 5 nitrogen and oxygen atoms in total. The van der Waals surface area contributed by atoms with Gasteiger partial charge in [-0.2, -0.15) is 0 Å². The Hall–Kier alpha value is -2.17. The number of ketones is 1. The van der Waals surface area contributed by atoms with E-state index in [0.717, 1.165) is 19.3 Å². The number of carbonyl (C=O) groups is 3. The summed E-state index contributed by atoms with van der Waals surface area (Å²) in [6.45, 7) is 3.57. The van der Waals surface area contributed by atoms with Crippen LogP contribution in [0.1, 0.15) is 98.8 Å². The third-order valence-corrected chi connectivity index (χ3v) is 4.22. The molecule has 0 unspecified atom stereocenters. The second kappa shape index (κ2) is 13.1. The zero-order valence-corrected chi connectivity index (χ0v) is 15.9. The normalized spacial score (nSPS) is 10.4. The molecule has 0 aliphatic rings. The average Bonchev–Trinajstić information content (AvgIpc) is 2.64. The molecule has 1 aromatic rings.